The molecule has 118 valence electrons. The fraction of sp³-hybridized carbons (Fsp3) is 1.00. The van der Waals surface area contributed by atoms with Gasteiger partial charge in [0.25, 0.3) is 0 Å². The van der Waals surface area contributed by atoms with E-state index in [9.17, 15) is 0 Å². The first-order valence-electron chi connectivity index (χ1n) is 8.69. The molecular weight excluding hydrogens is 246 g/mol. The van der Waals surface area contributed by atoms with Crippen LogP contribution in [0.4, 0.5) is 0 Å². The second-order valence-corrected chi connectivity index (χ2v) is 7.39. The fourth-order valence-corrected chi connectivity index (χ4v) is 4.13. The van der Waals surface area contributed by atoms with E-state index < -0.39 is 0 Å². The molecule has 1 N–H and O–H groups in total. The third kappa shape index (κ3) is 4.71. The molecule has 1 aliphatic carbocycles. The van der Waals surface area contributed by atoms with Gasteiger partial charge in [0.05, 0.1) is 0 Å². The van der Waals surface area contributed by atoms with E-state index in [1.165, 1.54) is 77.5 Å². The second kappa shape index (κ2) is 7.77. The average molecular weight is 281 g/mol. The van der Waals surface area contributed by atoms with Crippen molar-refractivity contribution in [3.8, 4) is 0 Å². The predicted molar refractivity (Wildman–Crippen MR) is 87.2 cm³/mol. The van der Waals surface area contributed by atoms with Gasteiger partial charge in [-0.25, -0.2) is 0 Å². The topological polar surface area (TPSA) is 18.5 Å². The van der Waals surface area contributed by atoms with Gasteiger partial charge >= 0.3 is 0 Å². The van der Waals surface area contributed by atoms with Crippen LogP contribution in [0.1, 0.15) is 51.4 Å². The summed E-state index contributed by atoms with van der Waals surface area (Å²) >= 11 is 0. The van der Waals surface area contributed by atoms with Gasteiger partial charge in [-0.2, -0.15) is 0 Å². The monoisotopic (exact) mass is 281 g/mol. The zero-order valence-corrected chi connectivity index (χ0v) is 14.0. The van der Waals surface area contributed by atoms with Crippen LogP contribution >= 0.6 is 0 Å². The number of nitrogens with one attached hydrogen (secondary N) is 1. The first kappa shape index (κ1) is 16.3. The summed E-state index contributed by atoms with van der Waals surface area (Å²) in [7, 11) is 6.58. The maximum Gasteiger partial charge on any atom is 0.0190 e. The molecule has 3 heteroatoms. The van der Waals surface area contributed by atoms with Crippen molar-refractivity contribution in [3.63, 3.8) is 0 Å². The maximum atomic E-state index is 3.66. The smallest absolute Gasteiger partial charge is 0.0190 e. The Morgan fingerprint density at radius 1 is 1.10 bits per heavy atom. The van der Waals surface area contributed by atoms with E-state index in [0.717, 1.165) is 5.92 Å². The van der Waals surface area contributed by atoms with Crippen LogP contribution in [0, 0.1) is 5.92 Å². The van der Waals surface area contributed by atoms with Gasteiger partial charge in [0.1, 0.15) is 0 Å². The minimum Gasteiger partial charge on any atom is -0.314 e. The summed E-state index contributed by atoms with van der Waals surface area (Å²) in [5.74, 6) is 0.925. The van der Waals surface area contributed by atoms with Crippen LogP contribution in [0.15, 0.2) is 0 Å². The number of hydrogen-bond acceptors (Lipinski definition) is 3. The summed E-state index contributed by atoms with van der Waals surface area (Å²) in [5, 5.41) is 3.66. The molecule has 1 saturated heterocycles. The molecule has 0 atom stereocenters. The molecule has 0 unspecified atom stereocenters. The molecule has 2 aliphatic rings. The minimum atomic E-state index is 0.457. The molecule has 2 rings (SSSR count). The molecule has 0 bridgehead atoms. The Hall–Kier alpha value is -0.120. The Morgan fingerprint density at radius 2 is 1.75 bits per heavy atom. The van der Waals surface area contributed by atoms with Crippen LogP contribution < -0.4 is 5.32 Å². The molecule has 1 saturated carbocycles. The average Bonchev–Trinajstić information content (AvgIpc) is 2.47. The van der Waals surface area contributed by atoms with Gasteiger partial charge in [0.2, 0.25) is 0 Å². The number of hydrogen-bond donors (Lipinski definition) is 1. The summed E-state index contributed by atoms with van der Waals surface area (Å²) in [5.41, 5.74) is 0.457. The number of rotatable bonds is 6. The van der Waals surface area contributed by atoms with Crippen LogP contribution in [0.5, 0.6) is 0 Å². The van der Waals surface area contributed by atoms with Gasteiger partial charge < -0.3 is 15.1 Å². The summed E-state index contributed by atoms with van der Waals surface area (Å²) in [6, 6.07) is 0. The Morgan fingerprint density at radius 3 is 2.30 bits per heavy atom. The lowest BCUT2D eigenvalue weighted by Crippen LogP contribution is -2.48. The molecule has 0 aromatic carbocycles. The molecule has 20 heavy (non-hydrogen) atoms. The van der Waals surface area contributed by atoms with Crippen molar-refractivity contribution < 1.29 is 0 Å². The quantitative estimate of drug-likeness (QED) is 0.807. The summed E-state index contributed by atoms with van der Waals surface area (Å²) < 4.78 is 0. The highest BCUT2D eigenvalue weighted by Crippen LogP contribution is 2.31. The van der Waals surface area contributed by atoms with Crippen LogP contribution in [0.3, 0.4) is 0 Å². The van der Waals surface area contributed by atoms with Crippen molar-refractivity contribution >= 4 is 0 Å². The molecule has 0 aromatic rings. The number of likely N-dealkylation sites (tertiary alicyclic amines) is 1. The summed E-state index contributed by atoms with van der Waals surface area (Å²) in [6.07, 6.45) is 11.2. The van der Waals surface area contributed by atoms with Gasteiger partial charge in [-0.15, -0.1) is 0 Å². The largest absolute Gasteiger partial charge is 0.314 e. The normalized spacial score (nSPS) is 25.2. The molecule has 0 spiro atoms. The van der Waals surface area contributed by atoms with E-state index in [-0.39, 0.29) is 0 Å². The van der Waals surface area contributed by atoms with Gasteiger partial charge in [-0.3, -0.25) is 0 Å². The first-order chi connectivity index (χ1) is 9.63. The molecule has 0 aromatic heterocycles. The molecule has 0 amide bonds. The Balaban J connectivity index is 1.70. The van der Waals surface area contributed by atoms with Crippen molar-refractivity contribution in [2.24, 2.45) is 5.92 Å². The lowest BCUT2D eigenvalue weighted by molar-refractivity contribution is 0.135. The van der Waals surface area contributed by atoms with Gasteiger partial charge in [0, 0.05) is 12.1 Å². The second-order valence-electron chi connectivity index (χ2n) is 7.39. The van der Waals surface area contributed by atoms with Gasteiger partial charge in [0.15, 0.2) is 0 Å². The van der Waals surface area contributed by atoms with Crippen LogP contribution in [0.25, 0.3) is 0 Å². The summed E-state index contributed by atoms with van der Waals surface area (Å²) in [4.78, 5) is 5.05. The van der Waals surface area contributed by atoms with Gasteiger partial charge in [-0.1, -0.05) is 19.3 Å². The van der Waals surface area contributed by atoms with E-state index in [1.54, 1.807) is 0 Å². The molecule has 3 nitrogen and oxygen atoms in total. The highest BCUT2D eigenvalue weighted by molar-refractivity contribution is 4.90. The Kier molecular flexibility index (Phi) is 6.31. The Labute approximate surface area is 126 Å². The van der Waals surface area contributed by atoms with Crippen molar-refractivity contribution in [3.05, 3.63) is 0 Å². The van der Waals surface area contributed by atoms with Crippen molar-refractivity contribution in [1.29, 1.82) is 0 Å². The SMILES string of the molecule is CNC1(CCN2CCC(CN(C)C)CC2)CCCCC1. The number of nitrogens with zero attached hydrogens (tertiary/aromatic N) is 2. The first-order valence-corrected chi connectivity index (χ1v) is 8.69. The molecule has 2 fully saturated rings. The van der Waals surface area contributed by atoms with E-state index in [2.05, 4.69) is 36.3 Å². The lowest BCUT2D eigenvalue weighted by Gasteiger charge is -2.40. The third-order valence-electron chi connectivity index (χ3n) is 5.58. The molecule has 1 heterocycles. The standard InChI is InChI=1S/C17H35N3/c1-18-17(9-5-4-6-10-17)11-14-20-12-7-16(8-13-20)15-19(2)3/h16,18H,4-15H2,1-3H3. The van der Waals surface area contributed by atoms with Crippen molar-refractivity contribution in [1.82, 2.24) is 15.1 Å². The van der Waals surface area contributed by atoms with Gasteiger partial charge in [-0.05, 0) is 78.8 Å². The zero-order valence-electron chi connectivity index (χ0n) is 14.0. The van der Waals surface area contributed by atoms with Crippen molar-refractivity contribution in [2.75, 3.05) is 47.3 Å². The third-order valence-corrected chi connectivity index (χ3v) is 5.58. The summed E-state index contributed by atoms with van der Waals surface area (Å²) in [6.45, 7) is 5.21. The molecule has 1 aliphatic heterocycles. The number of piperidine rings is 1. The maximum absolute atomic E-state index is 3.66. The highest BCUT2D eigenvalue weighted by Gasteiger charge is 2.30. The fourth-order valence-electron chi connectivity index (χ4n) is 4.13. The van der Waals surface area contributed by atoms with E-state index in [1.807, 2.05) is 0 Å². The van der Waals surface area contributed by atoms with Crippen molar-refractivity contribution in [2.45, 2.75) is 56.9 Å². The molecule has 0 radical (unpaired) electrons. The minimum absolute atomic E-state index is 0.457. The lowest BCUT2D eigenvalue weighted by atomic mass is 9.79. The zero-order chi connectivity index (χ0) is 14.4. The van der Waals surface area contributed by atoms with E-state index in [4.69, 9.17) is 0 Å². The van der Waals surface area contributed by atoms with E-state index in [0.29, 0.717) is 5.54 Å². The predicted octanol–water partition coefficient (Wildman–Crippen LogP) is 2.57. The Bertz CT molecular complexity index is 263. The van der Waals surface area contributed by atoms with Crippen LogP contribution in [-0.2, 0) is 0 Å². The van der Waals surface area contributed by atoms with Crippen LogP contribution in [0.2, 0.25) is 0 Å². The molecular formula is C17H35N3. The highest BCUT2D eigenvalue weighted by atomic mass is 15.1. The van der Waals surface area contributed by atoms with Crippen LogP contribution in [-0.4, -0.2) is 62.7 Å². The van der Waals surface area contributed by atoms with E-state index >= 15 is 0 Å².